The first-order valence-corrected chi connectivity index (χ1v) is 8.95. The number of rotatable bonds is 4. The van der Waals surface area contributed by atoms with Gasteiger partial charge in [-0.05, 0) is 55.9 Å². The highest BCUT2D eigenvalue weighted by atomic mass is 19.1. The van der Waals surface area contributed by atoms with Gasteiger partial charge in [-0.3, -0.25) is 4.79 Å². The van der Waals surface area contributed by atoms with Gasteiger partial charge in [-0.1, -0.05) is 6.07 Å². The Balaban J connectivity index is 1.71. The van der Waals surface area contributed by atoms with Crippen LogP contribution in [0.25, 0.3) is 0 Å². The van der Waals surface area contributed by atoms with Crippen molar-refractivity contribution in [3.63, 3.8) is 0 Å². The molecule has 1 saturated heterocycles. The second kappa shape index (κ2) is 8.27. The summed E-state index contributed by atoms with van der Waals surface area (Å²) in [6.45, 7) is 6.05. The van der Waals surface area contributed by atoms with Crippen LogP contribution in [0.5, 0.6) is 0 Å². The van der Waals surface area contributed by atoms with Gasteiger partial charge < -0.3 is 14.7 Å². The zero-order valence-corrected chi connectivity index (χ0v) is 15.4. The Morgan fingerprint density at radius 3 is 2.54 bits per heavy atom. The number of carbonyl (C=O) groups excluding carboxylic acids is 1. The van der Waals surface area contributed by atoms with Crippen molar-refractivity contribution in [1.82, 2.24) is 9.88 Å². The van der Waals surface area contributed by atoms with Crippen LogP contribution in [0.2, 0.25) is 0 Å². The molecule has 0 N–H and O–H groups in total. The van der Waals surface area contributed by atoms with Crippen LogP contribution in [-0.2, 0) is 11.3 Å². The average Bonchev–Trinajstić information content (AvgIpc) is 2.85. The molecule has 2 heterocycles. The lowest BCUT2D eigenvalue weighted by atomic mass is 10.2. The number of carbonyl (C=O) groups is 1. The van der Waals surface area contributed by atoms with E-state index in [4.69, 9.17) is 0 Å². The third-order valence-corrected chi connectivity index (χ3v) is 4.71. The van der Waals surface area contributed by atoms with E-state index < -0.39 is 0 Å². The van der Waals surface area contributed by atoms with E-state index in [0.717, 1.165) is 44.0 Å². The van der Waals surface area contributed by atoms with Crippen molar-refractivity contribution in [2.45, 2.75) is 19.9 Å². The quantitative estimate of drug-likeness (QED) is 0.845. The lowest BCUT2D eigenvalue weighted by Crippen LogP contribution is -2.30. The first-order chi connectivity index (χ1) is 12.5. The molecule has 26 heavy (non-hydrogen) atoms. The number of hydrogen-bond acceptors (Lipinski definition) is 4. The molecular weight excluding hydrogens is 331 g/mol. The van der Waals surface area contributed by atoms with Gasteiger partial charge in [0, 0.05) is 38.4 Å². The molecule has 0 spiro atoms. The number of amides is 1. The molecule has 0 aliphatic carbocycles. The van der Waals surface area contributed by atoms with Crippen LogP contribution in [0.3, 0.4) is 0 Å². The SMILES string of the molecule is CC(=O)N(Cc1ccc(N2CCCN(C)CC2)nc1)c1ccc(F)cc1. The van der Waals surface area contributed by atoms with E-state index in [1.165, 1.54) is 19.1 Å². The molecule has 0 bridgehead atoms. The number of aromatic nitrogens is 1. The first-order valence-electron chi connectivity index (χ1n) is 8.95. The summed E-state index contributed by atoms with van der Waals surface area (Å²) in [7, 11) is 2.14. The normalized spacial score (nSPS) is 15.6. The molecule has 3 rings (SSSR count). The maximum Gasteiger partial charge on any atom is 0.224 e. The average molecular weight is 356 g/mol. The molecule has 6 heteroatoms. The number of likely N-dealkylation sites (N-methyl/N-ethyl adjacent to an activating group) is 1. The highest BCUT2D eigenvalue weighted by molar-refractivity contribution is 5.91. The molecule has 0 radical (unpaired) electrons. The molecule has 0 unspecified atom stereocenters. The molecule has 0 atom stereocenters. The van der Waals surface area contributed by atoms with Crippen molar-refractivity contribution in [3.8, 4) is 0 Å². The molecule has 1 aromatic carbocycles. The fourth-order valence-corrected chi connectivity index (χ4v) is 3.16. The molecule has 1 amide bonds. The van der Waals surface area contributed by atoms with Crippen molar-refractivity contribution >= 4 is 17.4 Å². The lowest BCUT2D eigenvalue weighted by molar-refractivity contribution is -0.116. The molecule has 1 aliphatic rings. The Bertz CT molecular complexity index is 732. The van der Waals surface area contributed by atoms with Gasteiger partial charge in [0.1, 0.15) is 11.6 Å². The van der Waals surface area contributed by atoms with Gasteiger partial charge in [0.05, 0.1) is 6.54 Å². The molecular formula is C20H25FN4O. The number of nitrogens with zero attached hydrogens (tertiary/aromatic N) is 4. The van der Waals surface area contributed by atoms with Crippen molar-refractivity contribution in [2.75, 3.05) is 43.0 Å². The Hall–Kier alpha value is -2.47. The van der Waals surface area contributed by atoms with E-state index in [1.54, 1.807) is 17.0 Å². The van der Waals surface area contributed by atoms with Gasteiger partial charge in [-0.15, -0.1) is 0 Å². The predicted molar refractivity (Wildman–Crippen MR) is 102 cm³/mol. The molecule has 138 valence electrons. The summed E-state index contributed by atoms with van der Waals surface area (Å²) in [5, 5.41) is 0. The smallest absolute Gasteiger partial charge is 0.224 e. The van der Waals surface area contributed by atoms with Crippen LogP contribution in [0.4, 0.5) is 15.9 Å². The Kier molecular flexibility index (Phi) is 5.83. The molecule has 1 aromatic heterocycles. The van der Waals surface area contributed by atoms with Gasteiger partial charge in [0.25, 0.3) is 0 Å². The fourth-order valence-electron chi connectivity index (χ4n) is 3.16. The minimum absolute atomic E-state index is 0.0868. The minimum Gasteiger partial charge on any atom is -0.355 e. The van der Waals surface area contributed by atoms with Crippen molar-refractivity contribution in [1.29, 1.82) is 0 Å². The van der Waals surface area contributed by atoms with E-state index in [1.807, 2.05) is 18.3 Å². The maximum atomic E-state index is 13.1. The van der Waals surface area contributed by atoms with Gasteiger partial charge in [0.2, 0.25) is 5.91 Å². The summed E-state index contributed by atoms with van der Waals surface area (Å²) in [4.78, 5) is 22.9. The standard InChI is InChI=1S/C20H25FN4O/c1-16(26)25(19-7-5-18(21)6-8-19)15-17-4-9-20(22-14-17)24-11-3-10-23(2)12-13-24/h4-9,14H,3,10-13,15H2,1-2H3. The third kappa shape index (κ3) is 4.58. The van der Waals surface area contributed by atoms with Gasteiger partial charge in [-0.25, -0.2) is 9.37 Å². The monoisotopic (exact) mass is 356 g/mol. The Morgan fingerprint density at radius 1 is 1.12 bits per heavy atom. The Labute approximate surface area is 154 Å². The van der Waals surface area contributed by atoms with E-state index in [0.29, 0.717) is 12.2 Å². The van der Waals surface area contributed by atoms with Crippen LogP contribution in [0.1, 0.15) is 18.9 Å². The number of anilines is 2. The van der Waals surface area contributed by atoms with Crippen molar-refractivity contribution < 1.29 is 9.18 Å². The second-order valence-electron chi connectivity index (χ2n) is 6.75. The van der Waals surface area contributed by atoms with Gasteiger partial charge in [0.15, 0.2) is 0 Å². The number of benzene rings is 1. The molecule has 0 saturated carbocycles. The van der Waals surface area contributed by atoms with Crippen LogP contribution < -0.4 is 9.80 Å². The second-order valence-corrected chi connectivity index (χ2v) is 6.75. The van der Waals surface area contributed by atoms with Crippen molar-refractivity contribution in [3.05, 3.63) is 54.0 Å². The van der Waals surface area contributed by atoms with Crippen molar-refractivity contribution in [2.24, 2.45) is 0 Å². The predicted octanol–water partition coefficient (Wildman–Crippen LogP) is 2.92. The van der Waals surface area contributed by atoms with E-state index in [-0.39, 0.29) is 11.7 Å². The highest BCUT2D eigenvalue weighted by Crippen LogP contribution is 2.20. The molecule has 5 nitrogen and oxygen atoms in total. The lowest BCUT2D eigenvalue weighted by Gasteiger charge is -2.23. The summed E-state index contributed by atoms with van der Waals surface area (Å²) in [6.07, 6.45) is 2.95. The molecule has 1 aliphatic heterocycles. The summed E-state index contributed by atoms with van der Waals surface area (Å²) in [6, 6.07) is 9.99. The van der Waals surface area contributed by atoms with Crippen LogP contribution in [0.15, 0.2) is 42.6 Å². The third-order valence-electron chi connectivity index (χ3n) is 4.71. The number of halogens is 1. The maximum absolute atomic E-state index is 13.1. The topological polar surface area (TPSA) is 39.7 Å². The zero-order valence-electron chi connectivity index (χ0n) is 15.4. The minimum atomic E-state index is -0.314. The van der Waals surface area contributed by atoms with E-state index in [9.17, 15) is 9.18 Å². The van der Waals surface area contributed by atoms with E-state index in [2.05, 4.69) is 21.8 Å². The molecule has 2 aromatic rings. The van der Waals surface area contributed by atoms with Gasteiger partial charge >= 0.3 is 0 Å². The van der Waals surface area contributed by atoms with E-state index >= 15 is 0 Å². The van der Waals surface area contributed by atoms with Crippen LogP contribution >= 0.6 is 0 Å². The highest BCUT2D eigenvalue weighted by Gasteiger charge is 2.15. The van der Waals surface area contributed by atoms with Crippen LogP contribution in [-0.4, -0.2) is 49.0 Å². The van der Waals surface area contributed by atoms with Crippen LogP contribution in [0, 0.1) is 5.82 Å². The van der Waals surface area contributed by atoms with Gasteiger partial charge in [-0.2, -0.15) is 0 Å². The fraction of sp³-hybridized carbons (Fsp3) is 0.400. The largest absolute Gasteiger partial charge is 0.355 e. The number of pyridine rings is 1. The Morgan fingerprint density at radius 2 is 1.88 bits per heavy atom. The summed E-state index contributed by atoms with van der Waals surface area (Å²) >= 11 is 0. The molecule has 1 fully saturated rings. The first kappa shape index (κ1) is 18.3. The summed E-state index contributed by atoms with van der Waals surface area (Å²) < 4.78 is 13.1. The summed E-state index contributed by atoms with van der Waals surface area (Å²) in [5.74, 6) is 0.572. The summed E-state index contributed by atoms with van der Waals surface area (Å²) in [5.41, 5.74) is 1.62. The zero-order chi connectivity index (χ0) is 18.5. The number of hydrogen-bond donors (Lipinski definition) is 0.